The normalized spacial score (nSPS) is 20.1. The highest BCUT2D eigenvalue weighted by molar-refractivity contribution is 6.32. The fraction of sp³-hybridized carbons (Fsp3) is 0.571. The van der Waals surface area contributed by atoms with E-state index in [1.807, 2.05) is 9.47 Å². The molecule has 0 radical (unpaired) electrons. The molecule has 9 nitrogen and oxygen atoms in total. The van der Waals surface area contributed by atoms with E-state index in [0.717, 1.165) is 38.4 Å². The molecule has 1 unspecified atom stereocenters. The minimum Gasteiger partial charge on any atom is -0.391 e. The third kappa shape index (κ3) is 4.11. The lowest BCUT2D eigenvalue weighted by molar-refractivity contribution is -0.00535. The van der Waals surface area contributed by atoms with Crippen molar-refractivity contribution in [3.05, 3.63) is 23.4 Å². The van der Waals surface area contributed by atoms with Crippen molar-refractivity contribution in [3.8, 4) is 0 Å². The molecule has 0 aliphatic carbocycles. The van der Waals surface area contributed by atoms with Gasteiger partial charge >= 0.3 is 0 Å². The summed E-state index contributed by atoms with van der Waals surface area (Å²) in [4.78, 5) is 10.0. The van der Waals surface area contributed by atoms with Gasteiger partial charge in [-0.05, 0) is 12.8 Å². The first-order valence-corrected chi connectivity index (χ1v) is 8.16. The Balaban J connectivity index is 0.000000203. The number of aromatic nitrogens is 5. The molecule has 2 aliphatic rings. The molecular weight excluding hydrogens is 334 g/mol. The van der Waals surface area contributed by atoms with Gasteiger partial charge in [-0.2, -0.15) is 4.98 Å². The summed E-state index contributed by atoms with van der Waals surface area (Å²) >= 11 is 6.07. The van der Waals surface area contributed by atoms with Gasteiger partial charge in [-0.25, -0.2) is 4.98 Å². The quantitative estimate of drug-likeness (QED) is 0.760. The fourth-order valence-corrected chi connectivity index (χ4v) is 2.77. The summed E-state index contributed by atoms with van der Waals surface area (Å²) in [5.74, 6) is 1.76. The van der Waals surface area contributed by atoms with Crippen LogP contribution in [0.3, 0.4) is 0 Å². The zero-order valence-electron chi connectivity index (χ0n) is 13.2. The molecule has 2 aromatic heterocycles. The van der Waals surface area contributed by atoms with Crippen molar-refractivity contribution in [1.82, 2.24) is 24.7 Å². The monoisotopic (exact) mass is 353 g/mol. The summed E-state index contributed by atoms with van der Waals surface area (Å²) in [6.07, 6.45) is 4.98. The maximum Gasteiger partial charge on any atom is 0.222 e. The summed E-state index contributed by atoms with van der Waals surface area (Å²) in [5.41, 5.74) is 5.57. The molecule has 0 amide bonds. The second-order valence-corrected chi connectivity index (χ2v) is 6.04. The number of anilines is 2. The lowest BCUT2D eigenvalue weighted by Gasteiger charge is -2.28. The topological polar surface area (TPSA) is 115 Å². The molecular formula is C14H20ClN7O2. The first-order valence-electron chi connectivity index (χ1n) is 7.79. The Morgan fingerprint density at radius 2 is 2.25 bits per heavy atom. The van der Waals surface area contributed by atoms with Gasteiger partial charge in [0.15, 0.2) is 11.6 Å². The van der Waals surface area contributed by atoms with Gasteiger partial charge in [-0.15, -0.1) is 10.2 Å². The molecule has 4 rings (SSSR count). The maximum absolute atomic E-state index is 8.78. The smallest absolute Gasteiger partial charge is 0.222 e. The summed E-state index contributed by atoms with van der Waals surface area (Å²) in [6, 6.07) is 0. The number of nitrogens with two attached hydrogens (primary N) is 1. The van der Waals surface area contributed by atoms with Gasteiger partial charge in [0.2, 0.25) is 5.95 Å². The minimum absolute atomic E-state index is 0.186. The average Bonchev–Trinajstić information content (AvgIpc) is 3.06. The van der Waals surface area contributed by atoms with E-state index in [2.05, 4.69) is 20.2 Å². The molecule has 1 fully saturated rings. The highest BCUT2D eigenvalue weighted by Crippen LogP contribution is 2.25. The van der Waals surface area contributed by atoms with Gasteiger partial charge in [0.05, 0.1) is 25.5 Å². The Labute approximate surface area is 144 Å². The van der Waals surface area contributed by atoms with E-state index in [-0.39, 0.29) is 12.1 Å². The Kier molecular flexibility index (Phi) is 5.44. The SMILES string of the molecule is Nc1ncc(Cl)c(N2CCn3cnnc3C2)n1.OC1CCCOC1. The molecule has 1 atom stereocenters. The number of halogens is 1. The first kappa shape index (κ1) is 16.9. The van der Waals surface area contributed by atoms with Crippen molar-refractivity contribution in [2.24, 2.45) is 0 Å². The van der Waals surface area contributed by atoms with Gasteiger partial charge in [-0.3, -0.25) is 0 Å². The number of nitrogens with zero attached hydrogens (tertiary/aromatic N) is 6. The summed E-state index contributed by atoms with van der Waals surface area (Å²) in [7, 11) is 0. The average molecular weight is 354 g/mol. The summed E-state index contributed by atoms with van der Waals surface area (Å²) in [5, 5.41) is 17.2. The van der Waals surface area contributed by atoms with Crippen LogP contribution < -0.4 is 10.6 Å². The molecule has 3 N–H and O–H groups in total. The van der Waals surface area contributed by atoms with Crippen LogP contribution in [0.25, 0.3) is 0 Å². The fourth-order valence-electron chi connectivity index (χ4n) is 2.56. The molecule has 0 saturated carbocycles. The van der Waals surface area contributed by atoms with Crippen LogP contribution in [-0.2, 0) is 17.8 Å². The van der Waals surface area contributed by atoms with Crippen LogP contribution in [0.1, 0.15) is 18.7 Å². The molecule has 130 valence electrons. The van der Waals surface area contributed by atoms with Gasteiger partial charge in [-0.1, -0.05) is 11.6 Å². The number of nitrogen functional groups attached to an aromatic ring is 1. The van der Waals surface area contributed by atoms with Crippen molar-refractivity contribution in [2.45, 2.75) is 32.0 Å². The lowest BCUT2D eigenvalue weighted by atomic mass is 10.2. The number of aliphatic hydroxyl groups excluding tert-OH is 1. The van der Waals surface area contributed by atoms with Crippen LogP contribution in [0, 0.1) is 0 Å². The Morgan fingerprint density at radius 1 is 1.38 bits per heavy atom. The highest BCUT2D eigenvalue weighted by Gasteiger charge is 2.21. The number of hydrogen-bond donors (Lipinski definition) is 2. The lowest BCUT2D eigenvalue weighted by Crippen LogP contribution is -2.34. The van der Waals surface area contributed by atoms with Crippen LogP contribution in [0.15, 0.2) is 12.5 Å². The van der Waals surface area contributed by atoms with E-state index in [1.54, 1.807) is 6.33 Å². The Bertz CT molecular complexity index is 675. The van der Waals surface area contributed by atoms with E-state index < -0.39 is 0 Å². The van der Waals surface area contributed by atoms with E-state index in [4.69, 9.17) is 27.2 Å². The van der Waals surface area contributed by atoms with E-state index in [1.165, 1.54) is 6.20 Å². The van der Waals surface area contributed by atoms with Gasteiger partial charge in [0.1, 0.15) is 11.3 Å². The molecule has 4 heterocycles. The first-order chi connectivity index (χ1) is 11.6. The predicted octanol–water partition coefficient (Wildman–Crippen LogP) is 0.482. The molecule has 0 spiro atoms. The van der Waals surface area contributed by atoms with E-state index in [9.17, 15) is 0 Å². The van der Waals surface area contributed by atoms with Crippen molar-refractivity contribution in [3.63, 3.8) is 0 Å². The van der Waals surface area contributed by atoms with Crippen molar-refractivity contribution in [2.75, 3.05) is 30.4 Å². The van der Waals surface area contributed by atoms with Gasteiger partial charge < -0.3 is 25.0 Å². The predicted molar refractivity (Wildman–Crippen MR) is 88.6 cm³/mol. The highest BCUT2D eigenvalue weighted by atomic mass is 35.5. The third-order valence-corrected chi connectivity index (χ3v) is 4.09. The molecule has 0 aromatic carbocycles. The number of fused-ring (bicyclic) bond motifs is 1. The minimum atomic E-state index is -0.186. The molecule has 10 heteroatoms. The van der Waals surface area contributed by atoms with Crippen LogP contribution >= 0.6 is 11.6 Å². The maximum atomic E-state index is 8.78. The van der Waals surface area contributed by atoms with Crippen LogP contribution in [-0.4, -0.2) is 55.7 Å². The molecule has 0 bridgehead atoms. The van der Waals surface area contributed by atoms with Gasteiger partial charge in [0.25, 0.3) is 0 Å². The zero-order chi connectivity index (χ0) is 16.9. The molecule has 1 saturated heterocycles. The molecule has 24 heavy (non-hydrogen) atoms. The standard InChI is InChI=1S/C9H10ClN7.C5H10O2/c10-6-3-12-9(11)14-8(6)16-1-2-17-5-13-15-7(17)4-16;6-5-2-1-3-7-4-5/h3,5H,1-2,4H2,(H2,11,12,14);5-6H,1-4H2. The summed E-state index contributed by atoms with van der Waals surface area (Å²) < 4.78 is 6.94. The number of ether oxygens (including phenoxy) is 1. The zero-order valence-corrected chi connectivity index (χ0v) is 13.9. The van der Waals surface area contributed by atoms with E-state index >= 15 is 0 Å². The van der Waals surface area contributed by atoms with E-state index in [0.29, 0.717) is 24.0 Å². The summed E-state index contributed by atoms with van der Waals surface area (Å²) in [6.45, 7) is 3.59. The van der Waals surface area contributed by atoms with Crippen molar-refractivity contribution in [1.29, 1.82) is 0 Å². The molecule has 2 aliphatic heterocycles. The Morgan fingerprint density at radius 3 is 2.96 bits per heavy atom. The Hall–Kier alpha value is -1.97. The van der Waals surface area contributed by atoms with Gasteiger partial charge in [0, 0.05) is 19.7 Å². The van der Waals surface area contributed by atoms with Crippen molar-refractivity contribution >= 4 is 23.4 Å². The second-order valence-electron chi connectivity index (χ2n) is 5.63. The number of aliphatic hydroxyl groups is 1. The number of rotatable bonds is 1. The van der Waals surface area contributed by atoms with Crippen LogP contribution in [0.4, 0.5) is 11.8 Å². The van der Waals surface area contributed by atoms with Crippen molar-refractivity contribution < 1.29 is 9.84 Å². The van der Waals surface area contributed by atoms with Crippen LogP contribution in [0.2, 0.25) is 5.02 Å². The second kappa shape index (κ2) is 7.73. The largest absolute Gasteiger partial charge is 0.391 e. The van der Waals surface area contributed by atoms with Crippen LogP contribution in [0.5, 0.6) is 0 Å². The third-order valence-electron chi connectivity index (χ3n) is 3.82. The number of hydrogen-bond acceptors (Lipinski definition) is 8. The molecule has 2 aromatic rings.